The highest BCUT2D eigenvalue weighted by atomic mass is 16.5. The van der Waals surface area contributed by atoms with Gasteiger partial charge in [-0.3, -0.25) is 9.78 Å². The van der Waals surface area contributed by atoms with E-state index >= 15 is 0 Å². The van der Waals surface area contributed by atoms with E-state index < -0.39 is 0 Å². The van der Waals surface area contributed by atoms with E-state index in [1.54, 1.807) is 25.5 Å². The second-order valence-corrected chi connectivity index (χ2v) is 8.08. The van der Waals surface area contributed by atoms with Crippen LogP contribution in [0.4, 0.5) is 5.69 Å². The van der Waals surface area contributed by atoms with Crippen molar-refractivity contribution in [2.45, 2.75) is 6.54 Å². The van der Waals surface area contributed by atoms with Gasteiger partial charge in [-0.05, 0) is 35.9 Å². The molecule has 2 aromatic heterocycles. The first-order valence-electron chi connectivity index (χ1n) is 11.3. The lowest BCUT2D eigenvalue weighted by atomic mass is 10.0. The van der Waals surface area contributed by atoms with Crippen LogP contribution in [-0.2, 0) is 13.6 Å². The fourth-order valence-electron chi connectivity index (χ4n) is 3.81. The molecular formula is C29H24N4O2. The summed E-state index contributed by atoms with van der Waals surface area (Å²) in [6.45, 7) is 0.668. The highest BCUT2D eigenvalue weighted by molar-refractivity contribution is 5.83. The SMILES string of the molecule is Cn1nc(-c2ccccc2Oc2ccccc2)c(-c2cncc(NCc3ccccc3)c2)cc1=O. The Labute approximate surface area is 203 Å². The maximum Gasteiger partial charge on any atom is 0.267 e. The lowest BCUT2D eigenvalue weighted by molar-refractivity contribution is 0.484. The molecule has 0 unspecified atom stereocenters. The van der Waals surface area contributed by atoms with Gasteiger partial charge >= 0.3 is 0 Å². The Kier molecular flexibility index (Phi) is 6.35. The Hall–Kier alpha value is -4.71. The van der Waals surface area contributed by atoms with Crippen molar-refractivity contribution in [2.75, 3.05) is 5.32 Å². The van der Waals surface area contributed by atoms with Crippen molar-refractivity contribution in [3.8, 4) is 33.9 Å². The molecule has 0 spiro atoms. The highest BCUT2D eigenvalue weighted by Crippen LogP contribution is 2.37. The third kappa shape index (κ3) is 5.12. The molecule has 0 fully saturated rings. The van der Waals surface area contributed by atoms with E-state index in [9.17, 15) is 4.79 Å². The molecule has 0 amide bonds. The van der Waals surface area contributed by atoms with Gasteiger partial charge in [-0.2, -0.15) is 5.10 Å². The van der Waals surface area contributed by atoms with Gasteiger partial charge in [-0.25, -0.2) is 4.68 Å². The predicted molar refractivity (Wildman–Crippen MR) is 138 cm³/mol. The Morgan fingerprint density at radius 2 is 1.54 bits per heavy atom. The normalized spacial score (nSPS) is 10.7. The molecule has 6 heteroatoms. The molecule has 6 nitrogen and oxygen atoms in total. The summed E-state index contributed by atoms with van der Waals surface area (Å²) in [6, 6.07) is 31.0. The van der Waals surface area contributed by atoms with Crippen LogP contribution in [-0.4, -0.2) is 14.8 Å². The zero-order valence-corrected chi connectivity index (χ0v) is 19.3. The molecule has 0 bridgehead atoms. The smallest absolute Gasteiger partial charge is 0.267 e. The number of aryl methyl sites for hydroxylation is 1. The molecule has 0 radical (unpaired) electrons. The monoisotopic (exact) mass is 460 g/mol. The van der Waals surface area contributed by atoms with Crippen LogP contribution in [0.15, 0.2) is 114 Å². The first-order chi connectivity index (χ1) is 17.2. The molecule has 35 heavy (non-hydrogen) atoms. The molecule has 0 saturated heterocycles. The zero-order chi connectivity index (χ0) is 24.0. The van der Waals surface area contributed by atoms with Crippen molar-refractivity contribution in [1.29, 1.82) is 0 Å². The third-order valence-electron chi connectivity index (χ3n) is 5.59. The Morgan fingerprint density at radius 1 is 0.829 bits per heavy atom. The van der Waals surface area contributed by atoms with Gasteiger partial charge in [0, 0.05) is 48.7 Å². The number of benzene rings is 3. The fraction of sp³-hybridized carbons (Fsp3) is 0.0690. The van der Waals surface area contributed by atoms with E-state index in [1.165, 1.54) is 10.2 Å². The molecule has 5 rings (SSSR count). The van der Waals surface area contributed by atoms with Crippen LogP contribution in [0.3, 0.4) is 0 Å². The second kappa shape index (κ2) is 10.1. The quantitative estimate of drug-likeness (QED) is 0.327. The van der Waals surface area contributed by atoms with Gasteiger partial charge in [-0.1, -0.05) is 60.7 Å². The summed E-state index contributed by atoms with van der Waals surface area (Å²) in [5.74, 6) is 1.37. The largest absolute Gasteiger partial charge is 0.457 e. The molecule has 0 saturated carbocycles. The Bertz CT molecular complexity index is 1500. The molecular weight excluding hydrogens is 436 g/mol. The minimum atomic E-state index is -0.201. The van der Waals surface area contributed by atoms with E-state index in [1.807, 2.05) is 78.9 Å². The predicted octanol–water partition coefficient (Wildman–Crippen LogP) is 5.91. The summed E-state index contributed by atoms with van der Waals surface area (Å²) in [4.78, 5) is 17.0. The Morgan fingerprint density at radius 3 is 2.34 bits per heavy atom. The van der Waals surface area contributed by atoms with Crippen molar-refractivity contribution >= 4 is 5.69 Å². The lowest BCUT2D eigenvalue weighted by Crippen LogP contribution is -2.19. The number of ether oxygens (including phenoxy) is 1. The molecule has 0 aliphatic rings. The van der Waals surface area contributed by atoms with Gasteiger partial charge in [0.15, 0.2) is 0 Å². The van der Waals surface area contributed by atoms with Crippen LogP contribution in [0.25, 0.3) is 22.4 Å². The van der Waals surface area contributed by atoms with Crippen molar-refractivity contribution in [2.24, 2.45) is 7.05 Å². The number of hydrogen-bond donors (Lipinski definition) is 1. The number of nitrogens with one attached hydrogen (secondary N) is 1. The van der Waals surface area contributed by atoms with Crippen molar-refractivity contribution in [1.82, 2.24) is 14.8 Å². The highest BCUT2D eigenvalue weighted by Gasteiger charge is 2.17. The number of pyridine rings is 1. The summed E-state index contributed by atoms with van der Waals surface area (Å²) in [7, 11) is 1.65. The summed E-state index contributed by atoms with van der Waals surface area (Å²) < 4.78 is 7.52. The standard InChI is InChI=1S/C29H24N4O2/c1-33-28(34)17-26(22-16-23(20-30-19-22)31-18-21-10-4-2-5-11-21)29(32-33)25-14-8-9-15-27(25)35-24-12-6-3-7-13-24/h2-17,19-20,31H,18H2,1H3. The van der Waals surface area contributed by atoms with E-state index in [2.05, 4.69) is 27.5 Å². The number of rotatable bonds is 7. The van der Waals surface area contributed by atoms with E-state index in [0.717, 1.165) is 22.6 Å². The minimum Gasteiger partial charge on any atom is -0.457 e. The number of para-hydroxylation sites is 2. The topological polar surface area (TPSA) is 69.0 Å². The average molecular weight is 461 g/mol. The summed E-state index contributed by atoms with van der Waals surface area (Å²) in [5.41, 5.74) is 4.72. The summed E-state index contributed by atoms with van der Waals surface area (Å²) in [6.07, 6.45) is 3.52. The van der Waals surface area contributed by atoms with Crippen LogP contribution in [0, 0.1) is 0 Å². The first kappa shape index (κ1) is 22.1. The van der Waals surface area contributed by atoms with Crippen LogP contribution < -0.4 is 15.6 Å². The molecule has 0 aliphatic heterocycles. The fourth-order valence-corrected chi connectivity index (χ4v) is 3.81. The van der Waals surface area contributed by atoms with Crippen LogP contribution in [0.1, 0.15) is 5.56 Å². The van der Waals surface area contributed by atoms with Gasteiger partial charge in [0.05, 0.1) is 5.69 Å². The maximum absolute atomic E-state index is 12.6. The molecule has 172 valence electrons. The number of aromatic nitrogens is 3. The van der Waals surface area contributed by atoms with E-state index in [-0.39, 0.29) is 5.56 Å². The van der Waals surface area contributed by atoms with Crippen LogP contribution in [0.5, 0.6) is 11.5 Å². The van der Waals surface area contributed by atoms with E-state index in [4.69, 9.17) is 4.74 Å². The molecule has 0 atom stereocenters. The number of anilines is 1. The molecule has 3 aromatic carbocycles. The van der Waals surface area contributed by atoms with Gasteiger partial charge < -0.3 is 10.1 Å². The maximum atomic E-state index is 12.6. The van der Waals surface area contributed by atoms with E-state index in [0.29, 0.717) is 23.6 Å². The van der Waals surface area contributed by atoms with Crippen molar-refractivity contribution in [3.05, 3.63) is 125 Å². The first-order valence-corrected chi connectivity index (χ1v) is 11.3. The lowest BCUT2D eigenvalue weighted by Gasteiger charge is -2.15. The van der Waals surface area contributed by atoms with Crippen molar-refractivity contribution in [3.63, 3.8) is 0 Å². The molecule has 5 aromatic rings. The van der Waals surface area contributed by atoms with Crippen molar-refractivity contribution < 1.29 is 4.74 Å². The molecule has 2 heterocycles. The number of nitrogens with zero attached hydrogens (tertiary/aromatic N) is 3. The molecule has 1 N–H and O–H groups in total. The third-order valence-corrected chi connectivity index (χ3v) is 5.59. The van der Waals surface area contributed by atoms with Crippen LogP contribution >= 0.6 is 0 Å². The van der Waals surface area contributed by atoms with Gasteiger partial charge in [0.25, 0.3) is 5.56 Å². The average Bonchev–Trinajstić information content (AvgIpc) is 2.90. The Balaban J connectivity index is 1.54. The summed E-state index contributed by atoms with van der Waals surface area (Å²) in [5, 5.41) is 8.03. The number of hydrogen-bond acceptors (Lipinski definition) is 5. The van der Waals surface area contributed by atoms with Crippen LogP contribution in [0.2, 0.25) is 0 Å². The van der Waals surface area contributed by atoms with Gasteiger partial charge in [0.1, 0.15) is 17.2 Å². The zero-order valence-electron chi connectivity index (χ0n) is 19.3. The van der Waals surface area contributed by atoms with Gasteiger partial charge in [0.2, 0.25) is 0 Å². The summed E-state index contributed by atoms with van der Waals surface area (Å²) >= 11 is 0. The minimum absolute atomic E-state index is 0.201. The second-order valence-electron chi connectivity index (χ2n) is 8.08. The molecule has 0 aliphatic carbocycles. The van der Waals surface area contributed by atoms with Gasteiger partial charge in [-0.15, -0.1) is 0 Å².